The molecule has 1 saturated heterocycles. The molecule has 0 unspecified atom stereocenters. The molecule has 0 aliphatic carbocycles. The fourth-order valence-electron chi connectivity index (χ4n) is 2.34. The molecule has 8 nitrogen and oxygen atoms in total. The number of ether oxygens (including phenoxy) is 1. The van der Waals surface area contributed by atoms with Crippen LogP contribution in [0.2, 0.25) is 0 Å². The van der Waals surface area contributed by atoms with E-state index in [4.69, 9.17) is 4.74 Å². The Balaban J connectivity index is 1.98. The van der Waals surface area contributed by atoms with E-state index in [1.807, 2.05) is 19.0 Å². The molecule has 1 amide bonds. The maximum Gasteiger partial charge on any atom is 0.271 e. The van der Waals surface area contributed by atoms with Crippen LogP contribution in [-0.2, 0) is 21.3 Å². The van der Waals surface area contributed by atoms with Gasteiger partial charge >= 0.3 is 0 Å². The van der Waals surface area contributed by atoms with Gasteiger partial charge in [0.25, 0.3) is 5.91 Å². The SMILES string of the molecule is CN(C)Cc1nc(C(=O)N[C@H]2COC[C@H]2CS(=O)(=O)N(C)C)cs1. The van der Waals surface area contributed by atoms with Gasteiger partial charge < -0.3 is 15.0 Å². The molecule has 1 aromatic heterocycles. The second kappa shape index (κ2) is 7.87. The predicted octanol–water partition coefficient (Wildman–Crippen LogP) is -0.159. The minimum atomic E-state index is -3.34. The van der Waals surface area contributed by atoms with Gasteiger partial charge in [0.2, 0.25) is 10.0 Å². The molecule has 0 spiro atoms. The number of carbonyl (C=O) groups is 1. The quantitative estimate of drug-likeness (QED) is 0.711. The van der Waals surface area contributed by atoms with Crippen molar-refractivity contribution in [3.8, 4) is 0 Å². The molecule has 1 aliphatic heterocycles. The second-order valence-electron chi connectivity index (χ2n) is 6.30. The van der Waals surface area contributed by atoms with Gasteiger partial charge in [-0.15, -0.1) is 11.3 Å². The van der Waals surface area contributed by atoms with Gasteiger partial charge in [-0.3, -0.25) is 4.79 Å². The largest absolute Gasteiger partial charge is 0.379 e. The van der Waals surface area contributed by atoms with Gasteiger partial charge in [-0.25, -0.2) is 17.7 Å². The molecule has 2 rings (SSSR count). The van der Waals surface area contributed by atoms with E-state index in [1.165, 1.54) is 29.7 Å². The standard InChI is InChI=1S/C14H24N4O4S2/c1-17(2)5-13-15-12(8-23-13)14(19)16-11-7-22-6-10(11)9-24(20,21)18(3)4/h8,10-11H,5-7,9H2,1-4H3,(H,16,19)/t10-,11-/m0/s1. The van der Waals surface area contributed by atoms with E-state index in [1.54, 1.807) is 5.38 Å². The summed E-state index contributed by atoms with van der Waals surface area (Å²) in [5, 5.41) is 5.44. The van der Waals surface area contributed by atoms with Gasteiger partial charge in [0.1, 0.15) is 10.7 Å². The summed E-state index contributed by atoms with van der Waals surface area (Å²) in [6, 6.07) is -0.328. The summed E-state index contributed by atoms with van der Waals surface area (Å²) in [7, 11) is 3.53. The number of aromatic nitrogens is 1. The van der Waals surface area contributed by atoms with E-state index in [2.05, 4.69) is 10.3 Å². The number of hydrogen-bond donors (Lipinski definition) is 1. The molecule has 136 valence electrons. The molecule has 1 aromatic rings. The molecule has 0 aromatic carbocycles. The van der Waals surface area contributed by atoms with Crippen molar-refractivity contribution in [1.29, 1.82) is 0 Å². The monoisotopic (exact) mass is 376 g/mol. The Bertz CT molecular complexity index is 672. The summed E-state index contributed by atoms with van der Waals surface area (Å²) in [5.41, 5.74) is 0.359. The third-order valence-electron chi connectivity index (χ3n) is 3.73. The Hall–Kier alpha value is -1.07. The molecule has 1 fully saturated rings. The smallest absolute Gasteiger partial charge is 0.271 e. The van der Waals surface area contributed by atoms with Gasteiger partial charge in [-0.05, 0) is 14.1 Å². The second-order valence-corrected chi connectivity index (χ2v) is 9.47. The van der Waals surface area contributed by atoms with E-state index in [-0.39, 0.29) is 23.6 Å². The molecular formula is C14H24N4O4S2. The van der Waals surface area contributed by atoms with Crippen molar-refractivity contribution in [3.05, 3.63) is 16.1 Å². The fraction of sp³-hybridized carbons (Fsp3) is 0.714. The van der Waals surface area contributed by atoms with Crippen molar-refractivity contribution in [3.63, 3.8) is 0 Å². The molecular weight excluding hydrogens is 352 g/mol. The van der Waals surface area contributed by atoms with Crippen molar-refractivity contribution < 1.29 is 17.9 Å². The maximum atomic E-state index is 12.3. The highest BCUT2D eigenvalue weighted by Gasteiger charge is 2.34. The van der Waals surface area contributed by atoms with Gasteiger partial charge in [0.15, 0.2) is 0 Å². The number of thiazole rings is 1. The van der Waals surface area contributed by atoms with Gasteiger partial charge in [-0.1, -0.05) is 0 Å². The molecule has 0 saturated carbocycles. The first kappa shape index (κ1) is 19.3. The summed E-state index contributed by atoms with van der Waals surface area (Å²) in [6.45, 7) is 1.31. The van der Waals surface area contributed by atoms with Gasteiger partial charge in [0, 0.05) is 31.9 Å². The van der Waals surface area contributed by atoms with Crippen LogP contribution < -0.4 is 5.32 Å². The number of amides is 1. The molecule has 0 bridgehead atoms. The van der Waals surface area contributed by atoms with Crippen LogP contribution in [-0.4, -0.2) is 81.7 Å². The fourth-order valence-corrected chi connectivity index (χ4v) is 4.40. The number of nitrogens with zero attached hydrogens (tertiary/aromatic N) is 3. The lowest BCUT2D eigenvalue weighted by Gasteiger charge is -2.20. The number of sulfonamides is 1. The molecule has 10 heteroatoms. The average molecular weight is 377 g/mol. The van der Waals surface area contributed by atoms with Crippen LogP contribution in [0.5, 0.6) is 0 Å². The van der Waals surface area contributed by atoms with Gasteiger partial charge in [-0.2, -0.15) is 0 Å². The average Bonchev–Trinajstić information content (AvgIpc) is 3.08. The molecule has 24 heavy (non-hydrogen) atoms. The molecule has 2 atom stereocenters. The highest BCUT2D eigenvalue weighted by molar-refractivity contribution is 7.89. The van der Waals surface area contributed by atoms with E-state index in [9.17, 15) is 13.2 Å². The first-order valence-corrected chi connectivity index (χ1v) is 10.1. The van der Waals surface area contributed by atoms with Crippen LogP contribution in [0.25, 0.3) is 0 Å². The maximum absolute atomic E-state index is 12.3. The highest BCUT2D eigenvalue weighted by Crippen LogP contribution is 2.18. The number of rotatable bonds is 7. The lowest BCUT2D eigenvalue weighted by atomic mass is 10.1. The van der Waals surface area contributed by atoms with Crippen molar-refractivity contribution in [1.82, 2.24) is 19.5 Å². The topological polar surface area (TPSA) is 91.8 Å². The van der Waals surface area contributed by atoms with E-state index in [0.717, 1.165) is 5.01 Å². The van der Waals surface area contributed by atoms with Crippen molar-refractivity contribution >= 4 is 27.3 Å². The zero-order valence-corrected chi connectivity index (χ0v) is 16.0. The predicted molar refractivity (Wildman–Crippen MR) is 92.5 cm³/mol. The number of nitrogens with one attached hydrogen (secondary N) is 1. The van der Waals surface area contributed by atoms with Gasteiger partial charge in [0.05, 0.1) is 25.0 Å². The van der Waals surface area contributed by atoms with Crippen LogP contribution in [0.3, 0.4) is 0 Å². The number of carbonyl (C=O) groups excluding carboxylic acids is 1. The minimum Gasteiger partial charge on any atom is -0.379 e. The first-order valence-electron chi connectivity index (χ1n) is 7.57. The molecule has 1 N–H and O–H groups in total. The number of hydrogen-bond acceptors (Lipinski definition) is 7. The Kier molecular flexibility index (Phi) is 6.32. The lowest BCUT2D eigenvalue weighted by Crippen LogP contribution is -2.43. The normalized spacial score (nSPS) is 21.6. The minimum absolute atomic E-state index is 0.0477. The van der Waals surface area contributed by atoms with Crippen LogP contribution in [0.4, 0.5) is 0 Å². The van der Waals surface area contributed by atoms with E-state index < -0.39 is 10.0 Å². The van der Waals surface area contributed by atoms with E-state index >= 15 is 0 Å². The molecule has 1 aliphatic rings. The van der Waals surface area contributed by atoms with E-state index in [0.29, 0.717) is 25.5 Å². The van der Waals surface area contributed by atoms with Crippen LogP contribution in [0, 0.1) is 5.92 Å². The first-order chi connectivity index (χ1) is 11.2. The third kappa shape index (κ3) is 4.96. The zero-order valence-electron chi connectivity index (χ0n) is 14.4. The summed E-state index contributed by atoms with van der Waals surface area (Å²) >= 11 is 1.43. The molecule has 2 heterocycles. The lowest BCUT2D eigenvalue weighted by molar-refractivity contribution is 0.0921. The van der Waals surface area contributed by atoms with Crippen LogP contribution in [0.1, 0.15) is 15.5 Å². The Morgan fingerprint density at radius 2 is 2.08 bits per heavy atom. The van der Waals surface area contributed by atoms with Crippen molar-refractivity contribution in [2.45, 2.75) is 12.6 Å². The third-order valence-corrected chi connectivity index (χ3v) is 6.53. The van der Waals surface area contributed by atoms with Crippen molar-refractivity contribution in [2.24, 2.45) is 5.92 Å². The Morgan fingerprint density at radius 1 is 1.38 bits per heavy atom. The Labute approximate surface area is 146 Å². The summed E-state index contributed by atoms with van der Waals surface area (Å²) in [4.78, 5) is 18.6. The molecule has 0 radical (unpaired) electrons. The van der Waals surface area contributed by atoms with Crippen LogP contribution >= 0.6 is 11.3 Å². The summed E-state index contributed by atoms with van der Waals surface area (Å²) in [5.74, 6) is -0.603. The summed E-state index contributed by atoms with van der Waals surface area (Å²) < 4.78 is 30.6. The van der Waals surface area contributed by atoms with Crippen molar-refractivity contribution in [2.75, 3.05) is 47.2 Å². The summed E-state index contributed by atoms with van der Waals surface area (Å²) in [6.07, 6.45) is 0. The zero-order chi connectivity index (χ0) is 17.9. The van der Waals surface area contributed by atoms with Crippen LogP contribution in [0.15, 0.2) is 5.38 Å². The Morgan fingerprint density at radius 3 is 2.71 bits per heavy atom. The highest BCUT2D eigenvalue weighted by atomic mass is 32.2.